The first-order valence-corrected chi connectivity index (χ1v) is 7.57. The molecule has 2 heterocycles. The smallest absolute Gasteiger partial charge is 0.266 e. The largest absolute Gasteiger partial charge is 0.478 e. The van der Waals surface area contributed by atoms with Gasteiger partial charge in [-0.05, 0) is 31.7 Å². The van der Waals surface area contributed by atoms with Gasteiger partial charge in [0.15, 0.2) is 6.10 Å². The Balaban J connectivity index is 1.64. The van der Waals surface area contributed by atoms with E-state index in [2.05, 4.69) is 10.2 Å². The monoisotopic (exact) mass is 303 g/mol. The van der Waals surface area contributed by atoms with Crippen LogP contribution in [0.5, 0.6) is 5.75 Å². The Bertz CT molecular complexity index is 594. The molecule has 1 fully saturated rings. The lowest BCUT2D eigenvalue weighted by atomic mass is 10.1. The SMILES string of the molecule is Cc1ccc2c(c1)NC(=O)C(CC(=O)N1CCN(C)CC1)O2. The summed E-state index contributed by atoms with van der Waals surface area (Å²) in [5.74, 6) is 0.353. The first-order valence-electron chi connectivity index (χ1n) is 7.57. The molecule has 2 aliphatic heterocycles. The first-order chi connectivity index (χ1) is 10.5. The number of nitrogens with one attached hydrogen (secondary N) is 1. The molecule has 0 spiro atoms. The van der Waals surface area contributed by atoms with Crippen molar-refractivity contribution in [1.29, 1.82) is 0 Å². The number of hydrogen-bond acceptors (Lipinski definition) is 4. The zero-order valence-electron chi connectivity index (χ0n) is 13.0. The molecule has 1 aromatic carbocycles. The highest BCUT2D eigenvalue weighted by atomic mass is 16.5. The Morgan fingerprint density at radius 2 is 2.05 bits per heavy atom. The molecular weight excluding hydrogens is 282 g/mol. The van der Waals surface area contributed by atoms with Crippen molar-refractivity contribution in [1.82, 2.24) is 9.80 Å². The molecule has 1 N–H and O–H groups in total. The van der Waals surface area contributed by atoms with Gasteiger partial charge in [0.05, 0.1) is 12.1 Å². The van der Waals surface area contributed by atoms with E-state index in [0.29, 0.717) is 24.5 Å². The van der Waals surface area contributed by atoms with Gasteiger partial charge in [-0.25, -0.2) is 0 Å². The Morgan fingerprint density at radius 3 is 2.77 bits per heavy atom. The number of anilines is 1. The number of likely N-dealkylation sites (N-methyl/N-ethyl adjacent to an activating group) is 1. The number of benzene rings is 1. The number of fused-ring (bicyclic) bond motifs is 1. The highest BCUT2D eigenvalue weighted by molar-refractivity contribution is 6.00. The molecule has 1 atom stereocenters. The standard InChI is InChI=1S/C16H21N3O3/c1-11-3-4-13-12(9-11)17-16(21)14(22-13)10-15(20)19-7-5-18(2)6-8-19/h3-4,9,14H,5-8,10H2,1-2H3,(H,17,21). The van der Waals surface area contributed by atoms with Gasteiger partial charge in [0.1, 0.15) is 5.75 Å². The van der Waals surface area contributed by atoms with Gasteiger partial charge in [-0.3, -0.25) is 9.59 Å². The summed E-state index contributed by atoms with van der Waals surface area (Å²) < 4.78 is 5.71. The van der Waals surface area contributed by atoms with Crippen molar-refractivity contribution in [3.8, 4) is 5.75 Å². The molecule has 0 saturated carbocycles. The Kier molecular flexibility index (Phi) is 4.02. The van der Waals surface area contributed by atoms with Gasteiger partial charge >= 0.3 is 0 Å². The summed E-state index contributed by atoms with van der Waals surface area (Å²) in [6, 6.07) is 5.62. The van der Waals surface area contributed by atoms with E-state index in [1.54, 1.807) is 4.90 Å². The number of hydrogen-bond donors (Lipinski definition) is 1. The van der Waals surface area contributed by atoms with Crippen LogP contribution in [0.1, 0.15) is 12.0 Å². The second-order valence-corrected chi connectivity index (χ2v) is 5.98. The predicted octanol–water partition coefficient (Wildman–Crippen LogP) is 0.859. The molecule has 0 aliphatic carbocycles. The van der Waals surface area contributed by atoms with Crippen molar-refractivity contribution in [3.63, 3.8) is 0 Å². The van der Waals surface area contributed by atoms with Gasteiger partial charge in [-0.2, -0.15) is 0 Å². The molecule has 2 aliphatic rings. The fraction of sp³-hybridized carbons (Fsp3) is 0.500. The molecule has 6 heteroatoms. The van der Waals surface area contributed by atoms with Crippen LogP contribution in [0.4, 0.5) is 5.69 Å². The summed E-state index contributed by atoms with van der Waals surface area (Å²) in [5.41, 5.74) is 1.72. The van der Waals surface area contributed by atoms with Crippen molar-refractivity contribution in [2.45, 2.75) is 19.4 Å². The first kappa shape index (κ1) is 14.8. The molecule has 0 radical (unpaired) electrons. The maximum atomic E-state index is 12.3. The molecule has 2 amide bonds. The normalized spacial score (nSPS) is 21.8. The van der Waals surface area contributed by atoms with Crippen molar-refractivity contribution >= 4 is 17.5 Å². The minimum absolute atomic E-state index is 0.0242. The third-order valence-corrected chi connectivity index (χ3v) is 4.17. The summed E-state index contributed by atoms with van der Waals surface area (Å²) in [4.78, 5) is 28.4. The molecule has 0 bridgehead atoms. The van der Waals surface area contributed by atoms with Crippen molar-refractivity contribution in [2.24, 2.45) is 0 Å². The summed E-state index contributed by atoms with van der Waals surface area (Å²) in [6.07, 6.45) is -0.662. The third-order valence-electron chi connectivity index (χ3n) is 4.17. The quantitative estimate of drug-likeness (QED) is 0.880. The van der Waals surface area contributed by atoms with E-state index in [0.717, 1.165) is 18.7 Å². The van der Waals surface area contributed by atoms with Crippen LogP contribution in [-0.2, 0) is 9.59 Å². The zero-order chi connectivity index (χ0) is 15.7. The second kappa shape index (κ2) is 5.96. The summed E-state index contributed by atoms with van der Waals surface area (Å²) in [7, 11) is 2.04. The maximum Gasteiger partial charge on any atom is 0.266 e. The molecule has 22 heavy (non-hydrogen) atoms. The van der Waals surface area contributed by atoms with Crippen LogP contribution in [0, 0.1) is 6.92 Å². The number of rotatable bonds is 2. The predicted molar refractivity (Wildman–Crippen MR) is 82.9 cm³/mol. The molecule has 6 nitrogen and oxygen atoms in total. The Morgan fingerprint density at radius 1 is 1.32 bits per heavy atom. The minimum Gasteiger partial charge on any atom is -0.478 e. The van der Waals surface area contributed by atoms with Crippen LogP contribution in [0.3, 0.4) is 0 Å². The number of amides is 2. The van der Waals surface area contributed by atoms with Gasteiger partial charge in [0.2, 0.25) is 5.91 Å². The molecular formula is C16H21N3O3. The van der Waals surface area contributed by atoms with E-state index in [4.69, 9.17) is 4.74 Å². The number of carbonyl (C=O) groups is 2. The van der Waals surface area contributed by atoms with Crippen LogP contribution in [0.2, 0.25) is 0 Å². The summed E-state index contributed by atoms with van der Waals surface area (Å²) in [5, 5.41) is 2.82. The number of nitrogens with zero attached hydrogens (tertiary/aromatic N) is 2. The number of aryl methyl sites for hydroxylation is 1. The molecule has 1 aromatic rings. The molecule has 1 saturated heterocycles. The van der Waals surface area contributed by atoms with E-state index in [9.17, 15) is 9.59 Å². The minimum atomic E-state index is -0.748. The lowest BCUT2D eigenvalue weighted by Gasteiger charge is -2.33. The highest BCUT2D eigenvalue weighted by Gasteiger charge is 2.31. The van der Waals surface area contributed by atoms with Crippen molar-refractivity contribution < 1.29 is 14.3 Å². The number of ether oxygens (including phenoxy) is 1. The lowest BCUT2D eigenvalue weighted by molar-refractivity contribution is -0.138. The number of carbonyl (C=O) groups excluding carboxylic acids is 2. The molecule has 0 aromatic heterocycles. The van der Waals surface area contributed by atoms with Gasteiger partial charge in [-0.1, -0.05) is 6.07 Å². The fourth-order valence-electron chi connectivity index (χ4n) is 2.74. The van der Waals surface area contributed by atoms with Crippen LogP contribution in [0.25, 0.3) is 0 Å². The topological polar surface area (TPSA) is 61.9 Å². The van der Waals surface area contributed by atoms with Crippen LogP contribution >= 0.6 is 0 Å². The summed E-state index contributed by atoms with van der Waals surface area (Å²) >= 11 is 0. The van der Waals surface area contributed by atoms with Crippen LogP contribution in [-0.4, -0.2) is 60.9 Å². The average molecular weight is 303 g/mol. The van der Waals surface area contributed by atoms with Gasteiger partial charge < -0.3 is 19.9 Å². The van der Waals surface area contributed by atoms with Crippen LogP contribution in [0.15, 0.2) is 18.2 Å². The molecule has 118 valence electrons. The van der Waals surface area contributed by atoms with E-state index < -0.39 is 6.10 Å². The highest BCUT2D eigenvalue weighted by Crippen LogP contribution is 2.31. The van der Waals surface area contributed by atoms with Gasteiger partial charge in [0, 0.05) is 26.2 Å². The maximum absolute atomic E-state index is 12.3. The Labute approximate surface area is 130 Å². The van der Waals surface area contributed by atoms with Crippen molar-refractivity contribution in [2.75, 3.05) is 38.5 Å². The van der Waals surface area contributed by atoms with E-state index in [-0.39, 0.29) is 18.2 Å². The lowest BCUT2D eigenvalue weighted by Crippen LogP contribution is -2.49. The molecule has 1 unspecified atom stereocenters. The Hall–Kier alpha value is -2.08. The van der Waals surface area contributed by atoms with Gasteiger partial charge in [0.25, 0.3) is 5.91 Å². The third kappa shape index (κ3) is 3.06. The zero-order valence-corrected chi connectivity index (χ0v) is 13.0. The van der Waals surface area contributed by atoms with Gasteiger partial charge in [-0.15, -0.1) is 0 Å². The number of piperazine rings is 1. The van der Waals surface area contributed by atoms with Crippen LogP contribution < -0.4 is 10.1 Å². The summed E-state index contributed by atoms with van der Waals surface area (Å²) in [6.45, 7) is 5.10. The second-order valence-electron chi connectivity index (χ2n) is 5.98. The van der Waals surface area contributed by atoms with E-state index in [1.165, 1.54) is 0 Å². The van der Waals surface area contributed by atoms with E-state index in [1.807, 2.05) is 32.2 Å². The average Bonchev–Trinajstić information content (AvgIpc) is 2.49. The molecule has 3 rings (SSSR count). The van der Waals surface area contributed by atoms with E-state index >= 15 is 0 Å². The fourth-order valence-corrected chi connectivity index (χ4v) is 2.74. The van der Waals surface area contributed by atoms with Crippen molar-refractivity contribution in [3.05, 3.63) is 23.8 Å².